The minimum atomic E-state index is -0.281. The van der Waals surface area contributed by atoms with Crippen LogP contribution in [0.1, 0.15) is 50.3 Å². The van der Waals surface area contributed by atoms with Crippen molar-refractivity contribution in [2.24, 2.45) is 10.6 Å². The molecule has 29 heavy (non-hydrogen) atoms. The van der Waals surface area contributed by atoms with Gasteiger partial charge in [0.25, 0.3) is 0 Å². The first kappa shape index (κ1) is 21.0. The van der Waals surface area contributed by atoms with Gasteiger partial charge in [-0.15, -0.1) is 0 Å². The van der Waals surface area contributed by atoms with E-state index in [2.05, 4.69) is 18.1 Å². The normalized spacial score (nSPS) is 16.3. The number of oxime groups is 1. The Morgan fingerprint density at radius 3 is 2.52 bits per heavy atom. The third-order valence-electron chi connectivity index (χ3n) is 4.93. The standard InChI is InChI=1S/C24H29FN2O2/c1-17-7-5-6-8-21(17)22-13-20(29-26-22)16-27(23(28)14-24(2,3)4)15-18-9-11-19(25)12-10-18/h5-12,20H,13-16H2,1-4H3/t20-/m1/s1. The van der Waals surface area contributed by atoms with Gasteiger partial charge in [0.05, 0.1) is 12.3 Å². The Hall–Kier alpha value is -2.69. The van der Waals surface area contributed by atoms with E-state index in [1.54, 1.807) is 17.0 Å². The van der Waals surface area contributed by atoms with Crippen LogP contribution < -0.4 is 0 Å². The van der Waals surface area contributed by atoms with E-state index in [0.29, 0.717) is 25.9 Å². The minimum absolute atomic E-state index is 0.0646. The maximum Gasteiger partial charge on any atom is 0.223 e. The van der Waals surface area contributed by atoms with Crippen LogP contribution >= 0.6 is 0 Å². The zero-order chi connectivity index (χ0) is 21.0. The largest absolute Gasteiger partial charge is 0.390 e. The second kappa shape index (κ2) is 8.76. The van der Waals surface area contributed by atoms with Crippen molar-refractivity contribution in [3.05, 3.63) is 71.0 Å². The van der Waals surface area contributed by atoms with Crippen molar-refractivity contribution in [3.63, 3.8) is 0 Å². The molecule has 4 nitrogen and oxygen atoms in total. The molecule has 154 valence electrons. The number of carbonyl (C=O) groups excluding carboxylic acids is 1. The highest BCUT2D eigenvalue weighted by Gasteiger charge is 2.29. The Morgan fingerprint density at radius 2 is 1.86 bits per heavy atom. The quantitative estimate of drug-likeness (QED) is 0.682. The molecule has 1 heterocycles. The average Bonchev–Trinajstić information content (AvgIpc) is 3.10. The average molecular weight is 397 g/mol. The van der Waals surface area contributed by atoms with Crippen LogP contribution in [-0.4, -0.2) is 29.2 Å². The number of halogens is 1. The highest BCUT2D eigenvalue weighted by atomic mass is 19.1. The van der Waals surface area contributed by atoms with E-state index in [-0.39, 0.29) is 23.2 Å². The summed E-state index contributed by atoms with van der Waals surface area (Å²) in [5.41, 5.74) is 3.94. The number of aryl methyl sites for hydroxylation is 1. The Balaban J connectivity index is 1.70. The molecule has 3 rings (SSSR count). The van der Waals surface area contributed by atoms with Gasteiger partial charge < -0.3 is 9.74 Å². The lowest BCUT2D eigenvalue weighted by Gasteiger charge is -2.28. The molecule has 1 amide bonds. The van der Waals surface area contributed by atoms with E-state index < -0.39 is 0 Å². The number of nitrogens with zero attached hydrogens (tertiary/aromatic N) is 2. The number of hydrogen-bond donors (Lipinski definition) is 0. The summed E-state index contributed by atoms with van der Waals surface area (Å²) in [6.07, 6.45) is 0.911. The molecule has 0 unspecified atom stereocenters. The van der Waals surface area contributed by atoms with Crippen LogP contribution in [0.3, 0.4) is 0 Å². The van der Waals surface area contributed by atoms with Gasteiger partial charge >= 0.3 is 0 Å². The molecule has 0 aliphatic carbocycles. The summed E-state index contributed by atoms with van der Waals surface area (Å²) >= 11 is 0. The summed E-state index contributed by atoms with van der Waals surface area (Å²) < 4.78 is 13.3. The lowest BCUT2D eigenvalue weighted by Crippen LogP contribution is -2.38. The number of amides is 1. The lowest BCUT2D eigenvalue weighted by molar-refractivity contribution is -0.135. The van der Waals surface area contributed by atoms with Crippen LogP contribution in [0, 0.1) is 18.2 Å². The van der Waals surface area contributed by atoms with Crippen molar-refractivity contribution in [1.29, 1.82) is 0 Å². The highest BCUT2D eigenvalue weighted by Crippen LogP contribution is 2.24. The monoisotopic (exact) mass is 396 g/mol. The van der Waals surface area contributed by atoms with Gasteiger partial charge in [0.15, 0.2) is 6.10 Å². The third-order valence-corrected chi connectivity index (χ3v) is 4.93. The number of hydrogen-bond acceptors (Lipinski definition) is 3. The Bertz CT molecular complexity index is 884. The van der Waals surface area contributed by atoms with Gasteiger partial charge in [0, 0.05) is 24.9 Å². The lowest BCUT2D eigenvalue weighted by atomic mass is 9.91. The molecule has 2 aromatic carbocycles. The van der Waals surface area contributed by atoms with Crippen LogP contribution in [0.4, 0.5) is 4.39 Å². The fourth-order valence-corrected chi connectivity index (χ4v) is 3.46. The first-order valence-electron chi connectivity index (χ1n) is 10.0. The molecule has 0 aromatic heterocycles. The van der Waals surface area contributed by atoms with Crippen LogP contribution in [0.5, 0.6) is 0 Å². The molecule has 0 radical (unpaired) electrons. The van der Waals surface area contributed by atoms with Crippen LogP contribution in [-0.2, 0) is 16.2 Å². The van der Waals surface area contributed by atoms with E-state index in [1.165, 1.54) is 12.1 Å². The number of carbonyl (C=O) groups is 1. The molecule has 1 aliphatic rings. The molecule has 0 saturated heterocycles. The number of benzene rings is 2. The second-order valence-electron chi connectivity index (χ2n) is 8.92. The Morgan fingerprint density at radius 1 is 1.17 bits per heavy atom. The van der Waals surface area contributed by atoms with E-state index >= 15 is 0 Å². The maximum atomic E-state index is 13.3. The van der Waals surface area contributed by atoms with Gasteiger partial charge in [-0.2, -0.15) is 0 Å². The summed E-state index contributed by atoms with van der Waals surface area (Å²) in [5.74, 6) is -0.216. The van der Waals surface area contributed by atoms with Gasteiger partial charge in [0.2, 0.25) is 5.91 Å². The zero-order valence-corrected chi connectivity index (χ0v) is 17.6. The third kappa shape index (κ3) is 5.89. The summed E-state index contributed by atoms with van der Waals surface area (Å²) in [6, 6.07) is 14.4. The predicted octanol–water partition coefficient (Wildman–Crippen LogP) is 5.09. The molecule has 0 bridgehead atoms. The summed E-state index contributed by atoms with van der Waals surface area (Å²) in [4.78, 5) is 20.5. The van der Waals surface area contributed by atoms with Crippen molar-refractivity contribution in [2.45, 2.75) is 53.2 Å². The summed E-state index contributed by atoms with van der Waals surface area (Å²) in [5, 5.41) is 4.28. The molecule has 0 saturated carbocycles. The van der Waals surface area contributed by atoms with Gasteiger partial charge in [-0.05, 0) is 35.6 Å². The molecular weight excluding hydrogens is 367 g/mol. The molecule has 2 aromatic rings. The molecule has 1 atom stereocenters. The van der Waals surface area contributed by atoms with Crippen molar-refractivity contribution in [3.8, 4) is 0 Å². The fraction of sp³-hybridized carbons (Fsp3) is 0.417. The second-order valence-corrected chi connectivity index (χ2v) is 8.92. The SMILES string of the molecule is Cc1ccccc1C1=NO[C@@H](CN(Cc2ccc(F)cc2)C(=O)CC(C)(C)C)C1. The van der Waals surface area contributed by atoms with E-state index in [0.717, 1.165) is 22.4 Å². The molecule has 0 fully saturated rings. The van der Waals surface area contributed by atoms with Gasteiger partial charge in [-0.1, -0.05) is 62.3 Å². The van der Waals surface area contributed by atoms with Crippen LogP contribution in [0.2, 0.25) is 0 Å². The molecule has 0 spiro atoms. The molecule has 5 heteroatoms. The van der Waals surface area contributed by atoms with Gasteiger partial charge in [-0.25, -0.2) is 4.39 Å². The Kier molecular flexibility index (Phi) is 6.36. The van der Waals surface area contributed by atoms with Gasteiger partial charge in [-0.3, -0.25) is 4.79 Å². The molecule has 1 aliphatic heterocycles. The van der Waals surface area contributed by atoms with Crippen LogP contribution in [0.25, 0.3) is 0 Å². The summed E-state index contributed by atoms with van der Waals surface area (Å²) in [6.45, 7) is 9.07. The zero-order valence-electron chi connectivity index (χ0n) is 17.6. The smallest absolute Gasteiger partial charge is 0.223 e. The van der Waals surface area contributed by atoms with Crippen molar-refractivity contribution in [1.82, 2.24) is 4.90 Å². The topological polar surface area (TPSA) is 41.9 Å². The maximum absolute atomic E-state index is 13.3. The van der Waals surface area contributed by atoms with Crippen LogP contribution in [0.15, 0.2) is 53.7 Å². The molecule has 0 N–H and O–H groups in total. The van der Waals surface area contributed by atoms with E-state index in [9.17, 15) is 9.18 Å². The molecular formula is C24H29FN2O2. The fourth-order valence-electron chi connectivity index (χ4n) is 3.46. The van der Waals surface area contributed by atoms with Gasteiger partial charge in [0.1, 0.15) is 5.82 Å². The first-order chi connectivity index (χ1) is 13.7. The first-order valence-corrected chi connectivity index (χ1v) is 10.0. The Labute approximate surface area is 172 Å². The van der Waals surface area contributed by atoms with E-state index in [1.807, 2.05) is 39.0 Å². The predicted molar refractivity (Wildman–Crippen MR) is 113 cm³/mol. The van der Waals surface area contributed by atoms with Crippen molar-refractivity contribution in [2.75, 3.05) is 6.54 Å². The minimum Gasteiger partial charge on any atom is -0.390 e. The highest BCUT2D eigenvalue weighted by molar-refractivity contribution is 6.02. The summed E-state index contributed by atoms with van der Waals surface area (Å²) in [7, 11) is 0. The van der Waals surface area contributed by atoms with Crippen molar-refractivity contribution < 1.29 is 14.0 Å². The van der Waals surface area contributed by atoms with E-state index in [4.69, 9.17) is 4.84 Å². The van der Waals surface area contributed by atoms with Crippen molar-refractivity contribution >= 4 is 11.6 Å². The number of rotatable bonds is 6.